The number of hydrogen-bond acceptors (Lipinski definition) is 6. The van der Waals surface area contributed by atoms with Crippen LogP contribution in [0.15, 0.2) is 36.5 Å². The SMILES string of the molecule is CN(C)c1ccnc(NC(=O)N2CCC(c3ccccc3C(=O)O)CC2)n1.O=C(O)C(F)(F)F. The van der Waals surface area contributed by atoms with Crippen LogP contribution in [0.1, 0.15) is 34.7 Å². The molecule has 3 N–H and O–H groups in total. The van der Waals surface area contributed by atoms with E-state index < -0.39 is 18.1 Å². The zero-order valence-electron chi connectivity index (χ0n) is 18.4. The summed E-state index contributed by atoms with van der Waals surface area (Å²) < 4.78 is 31.7. The number of aromatic nitrogens is 2. The highest BCUT2D eigenvalue weighted by molar-refractivity contribution is 5.90. The average molecular weight is 483 g/mol. The fourth-order valence-electron chi connectivity index (χ4n) is 3.27. The maximum absolute atomic E-state index is 12.5. The molecule has 1 aromatic carbocycles. The lowest BCUT2D eigenvalue weighted by atomic mass is 9.86. The van der Waals surface area contributed by atoms with Gasteiger partial charge >= 0.3 is 24.1 Å². The second-order valence-electron chi connectivity index (χ2n) is 7.52. The normalized spacial score (nSPS) is 14.0. The maximum atomic E-state index is 12.5. The van der Waals surface area contributed by atoms with Crippen LogP contribution in [0.25, 0.3) is 0 Å². The summed E-state index contributed by atoms with van der Waals surface area (Å²) in [5.41, 5.74) is 1.18. The molecule has 2 amide bonds. The minimum absolute atomic E-state index is 0.134. The van der Waals surface area contributed by atoms with E-state index in [0.717, 1.165) is 18.4 Å². The molecule has 34 heavy (non-hydrogen) atoms. The van der Waals surface area contributed by atoms with Gasteiger partial charge in [0.15, 0.2) is 0 Å². The number of anilines is 2. The van der Waals surface area contributed by atoms with Crippen molar-refractivity contribution in [2.45, 2.75) is 24.9 Å². The Morgan fingerprint density at radius 3 is 2.21 bits per heavy atom. The van der Waals surface area contributed by atoms with E-state index in [2.05, 4.69) is 15.3 Å². The van der Waals surface area contributed by atoms with Crippen LogP contribution in [0.3, 0.4) is 0 Å². The molecule has 0 bridgehead atoms. The number of alkyl halides is 3. The number of carboxylic acid groups (broad SMARTS) is 2. The summed E-state index contributed by atoms with van der Waals surface area (Å²) in [6.45, 7) is 1.11. The van der Waals surface area contributed by atoms with Crippen LogP contribution in [0, 0.1) is 0 Å². The molecule has 13 heteroatoms. The molecule has 0 aliphatic carbocycles. The van der Waals surface area contributed by atoms with Crippen molar-refractivity contribution in [2.75, 3.05) is 37.4 Å². The van der Waals surface area contributed by atoms with Crippen molar-refractivity contribution in [1.29, 1.82) is 0 Å². The van der Waals surface area contributed by atoms with Crippen LogP contribution in [0.2, 0.25) is 0 Å². The monoisotopic (exact) mass is 483 g/mol. The number of carbonyl (C=O) groups excluding carboxylic acids is 1. The van der Waals surface area contributed by atoms with E-state index in [4.69, 9.17) is 9.90 Å². The van der Waals surface area contributed by atoms with Crippen LogP contribution >= 0.6 is 0 Å². The lowest BCUT2D eigenvalue weighted by Crippen LogP contribution is -2.41. The van der Waals surface area contributed by atoms with Crippen LogP contribution in [-0.4, -0.2) is 76.4 Å². The maximum Gasteiger partial charge on any atom is 0.490 e. The van der Waals surface area contributed by atoms with Gasteiger partial charge in [-0.05, 0) is 36.5 Å². The molecular weight excluding hydrogens is 459 g/mol. The van der Waals surface area contributed by atoms with E-state index in [1.807, 2.05) is 31.1 Å². The number of piperidine rings is 1. The molecule has 2 heterocycles. The highest BCUT2D eigenvalue weighted by Crippen LogP contribution is 2.30. The molecule has 1 aromatic heterocycles. The molecule has 10 nitrogen and oxygen atoms in total. The molecule has 0 unspecified atom stereocenters. The third-order valence-electron chi connectivity index (χ3n) is 4.97. The molecule has 2 aromatic rings. The Labute approximate surface area is 193 Å². The third kappa shape index (κ3) is 7.32. The van der Waals surface area contributed by atoms with Gasteiger partial charge in [0.1, 0.15) is 5.82 Å². The quantitative estimate of drug-likeness (QED) is 0.603. The van der Waals surface area contributed by atoms with E-state index in [1.54, 1.807) is 29.3 Å². The highest BCUT2D eigenvalue weighted by Gasteiger charge is 2.38. The highest BCUT2D eigenvalue weighted by atomic mass is 19.4. The van der Waals surface area contributed by atoms with Crippen molar-refractivity contribution < 1.29 is 37.8 Å². The van der Waals surface area contributed by atoms with Gasteiger partial charge in [-0.1, -0.05) is 18.2 Å². The van der Waals surface area contributed by atoms with E-state index in [0.29, 0.717) is 24.5 Å². The molecule has 3 rings (SSSR count). The summed E-state index contributed by atoms with van der Waals surface area (Å²) in [7, 11) is 3.74. The first-order chi connectivity index (χ1) is 15.9. The van der Waals surface area contributed by atoms with Gasteiger partial charge in [-0.3, -0.25) is 5.32 Å². The molecule has 184 valence electrons. The summed E-state index contributed by atoms with van der Waals surface area (Å²) in [6.07, 6.45) is -2.04. The summed E-state index contributed by atoms with van der Waals surface area (Å²) in [5.74, 6) is -2.56. The van der Waals surface area contributed by atoms with Crippen molar-refractivity contribution in [3.8, 4) is 0 Å². The average Bonchev–Trinajstić information content (AvgIpc) is 2.79. The van der Waals surface area contributed by atoms with E-state index in [1.165, 1.54) is 0 Å². The van der Waals surface area contributed by atoms with Crippen LogP contribution in [-0.2, 0) is 4.79 Å². The number of aromatic carboxylic acids is 1. The number of likely N-dealkylation sites (tertiary alicyclic amines) is 1. The van der Waals surface area contributed by atoms with Gasteiger partial charge in [-0.25, -0.2) is 19.4 Å². The Morgan fingerprint density at radius 2 is 1.68 bits per heavy atom. The van der Waals surface area contributed by atoms with Gasteiger partial charge in [0, 0.05) is 33.4 Å². The zero-order valence-corrected chi connectivity index (χ0v) is 18.4. The fourth-order valence-corrected chi connectivity index (χ4v) is 3.27. The van der Waals surface area contributed by atoms with Crippen molar-refractivity contribution in [1.82, 2.24) is 14.9 Å². The summed E-state index contributed by atoms with van der Waals surface area (Å²) >= 11 is 0. The predicted octanol–water partition coefficient (Wildman–Crippen LogP) is 3.29. The topological polar surface area (TPSA) is 136 Å². The molecule has 0 saturated carbocycles. The zero-order chi connectivity index (χ0) is 25.5. The number of hydrogen-bond donors (Lipinski definition) is 3. The fraction of sp³-hybridized carbons (Fsp3) is 0.381. The molecule has 1 aliphatic rings. The number of aliphatic carboxylic acids is 1. The smallest absolute Gasteiger partial charge is 0.478 e. The van der Waals surface area contributed by atoms with E-state index >= 15 is 0 Å². The second-order valence-corrected chi connectivity index (χ2v) is 7.52. The molecule has 1 fully saturated rings. The molecule has 1 saturated heterocycles. The van der Waals surface area contributed by atoms with Crippen molar-refractivity contribution in [3.05, 3.63) is 47.7 Å². The number of nitrogens with zero attached hydrogens (tertiary/aromatic N) is 4. The first-order valence-electron chi connectivity index (χ1n) is 10.1. The Hall–Kier alpha value is -3.90. The first-order valence-corrected chi connectivity index (χ1v) is 10.1. The van der Waals surface area contributed by atoms with Crippen LogP contribution in [0.4, 0.5) is 29.7 Å². The number of halogens is 3. The van der Waals surface area contributed by atoms with Crippen molar-refractivity contribution in [2.24, 2.45) is 0 Å². The third-order valence-corrected chi connectivity index (χ3v) is 4.97. The van der Waals surface area contributed by atoms with Crippen LogP contribution in [0.5, 0.6) is 0 Å². The summed E-state index contributed by atoms with van der Waals surface area (Å²) in [4.78, 5) is 44.7. The molecule has 1 aliphatic heterocycles. The Bertz CT molecular complexity index is 1020. The van der Waals surface area contributed by atoms with Gasteiger partial charge in [0.2, 0.25) is 5.95 Å². The lowest BCUT2D eigenvalue weighted by molar-refractivity contribution is -0.192. The number of amides is 2. The lowest BCUT2D eigenvalue weighted by Gasteiger charge is -2.32. The number of carbonyl (C=O) groups is 3. The van der Waals surface area contributed by atoms with Crippen molar-refractivity contribution >= 4 is 29.7 Å². The standard InChI is InChI=1S/C19H23N5O3.C2HF3O2/c1-23(2)16-7-10-20-18(21-16)22-19(27)24-11-8-13(9-12-24)14-5-3-4-6-15(14)17(25)26;3-2(4,5)1(6)7/h3-7,10,13H,8-9,11-12H2,1-2H3,(H,25,26)(H,20,21,22,27);(H,6,7). The Kier molecular flexibility index (Phi) is 8.76. The summed E-state index contributed by atoms with van der Waals surface area (Å²) in [6, 6.07) is 8.61. The van der Waals surface area contributed by atoms with E-state index in [-0.39, 0.29) is 17.9 Å². The number of rotatable bonds is 4. The number of carboxylic acids is 2. The van der Waals surface area contributed by atoms with Gasteiger partial charge in [-0.15, -0.1) is 0 Å². The summed E-state index contributed by atoms with van der Waals surface area (Å²) in [5, 5.41) is 19.2. The molecular formula is C21H24F3N5O5. The molecule has 0 atom stereocenters. The number of nitrogens with one attached hydrogen (secondary N) is 1. The van der Waals surface area contributed by atoms with Gasteiger partial charge < -0.3 is 20.0 Å². The Morgan fingerprint density at radius 1 is 1.09 bits per heavy atom. The van der Waals surface area contributed by atoms with E-state index in [9.17, 15) is 27.9 Å². The van der Waals surface area contributed by atoms with Gasteiger partial charge in [0.25, 0.3) is 0 Å². The second kappa shape index (κ2) is 11.3. The van der Waals surface area contributed by atoms with Gasteiger partial charge in [0.05, 0.1) is 5.56 Å². The predicted molar refractivity (Wildman–Crippen MR) is 116 cm³/mol. The van der Waals surface area contributed by atoms with Gasteiger partial charge in [-0.2, -0.15) is 18.2 Å². The molecule has 0 spiro atoms. The first kappa shape index (κ1) is 26.4. The molecule has 0 radical (unpaired) electrons. The minimum Gasteiger partial charge on any atom is -0.478 e. The minimum atomic E-state index is -5.08. The largest absolute Gasteiger partial charge is 0.490 e. The number of benzene rings is 1. The Balaban J connectivity index is 0.000000509. The van der Waals surface area contributed by atoms with Crippen LogP contribution < -0.4 is 10.2 Å². The van der Waals surface area contributed by atoms with Crippen molar-refractivity contribution in [3.63, 3.8) is 0 Å². The number of urea groups is 1.